The molecule has 0 aliphatic carbocycles. The summed E-state index contributed by atoms with van der Waals surface area (Å²) in [6.45, 7) is 2.40. The smallest absolute Gasteiger partial charge is 0.278 e. The van der Waals surface area contributed by atoms with Crippen LogP contribution in [-0.4, -0.2) is 46.0 Å². The van der Waals surface area contributed by atoms with Crippen LogP contribution in [0.2, 0.25) is 0 Å². The number of hydrogen-bond acceptors (Lipinski definition) is 6. The van der Waals surface area contributed by atoms with Crippen molar-refractivity contribution in [3.8, 4) is 5.75 Å². The Labute approximate surface area is 199 Å². The summed E-state index contributed by atoms with van der Waals surface area (Å²) in [5.74, 6) is -0.812. The second-order valence-corrected chi connectivity index (χ2v) is 9.74. The van der Waals surface area contributed by atoms with E-state index in [1.165, 1.54) is 23.0 Å². The molecule has 174 valence electrons. The van der Waals surface area contributed by atoms with Crippen LogP contribution in [0.5, 0.6) is 5.75 Å². The largest absolute Gasteiger partial charge is 0.502 e. The van der Waals surface area contributed by atoms with Crippen molar-refractivity contribution in [1.82, 2.24) is 9.58 Å². The molecule has 0 saturated carbocycles. The molecular weight excluding hydrogens is 457 g/mol. The summed E-state index contributed by atoms with van der Waals surface area (Å²) in [6, 6.07) is 13.2. The summed E-state index contributed by atoms with van der Waals surface area (Å²) >= 11 is 1.63. The molecular formula is C25H22FN3O4S. The van der Waals surface area contributed by atoms with Gasteiger partial charge >= 0.3 is 0 Å². The van der Waals surface area contributed by atoms with Crippen LogP contribution in [0, 0.1) is 5.82 Å². The first kappa shape index (κ1) is 21.2. The quantitative estimate of drug-likeness (QED) is 0.578. The topological polar surface area (TPSA) is 75.0 Å². The summed E-state index contributed by atoms with van der Waals surface area (Å²) < 4.78 is 23.0. The zero-order valence-electron chi connectivity index (χ0n) is 18.3. The Bertz CT molecular complexity index is 1380. The van der Waals surface area contributed by atoms with Gasteiger partial charge in [-0.3, -0.25) is 19.3 Å². The fourth-order valence-corrected chi connectivity index (χ4v) is 6.33. The molecule has 4 heterocycles. The van der Waals surface area contributed by atoms with Gasteiger partial charge in [-0.25, -0.2) is 4.39 Å². The molecule has 3 aromatic rings. The van der Waals surface area contributed by atoms with E-state index in [0.29, 0.717) is 17.9 Å². The molecule has 3 aliphatic heterocycles. The molecule has 3 atom stereocenters. The molecule has 3 aliphatic rings. The Morgan fingerprint density at radius 3 is 2.76 bits per heavy atom. The van der Waals surface area contributed by atoms with Crippen LogP contribution < -0.4 is 10.4 Å². The average molecular weight is 480 g/mol. The molecule has 0 spiro atoms. The van der Waals surface area contributed by atoms with Crippen LogP contribution in [0.15, 0.2) is 64.4 Å². The van der Waals surface area contributed by atoms with E-state index in [4.69, 9.17) is 4.74 Å². The van der Waals surface area contributed by atoms with Crippen molar-refractivity contribution in [2.75, 3.05) is 18.2 Å². The minimum absolute atomic E-state index is 0.121. The first-order valence-electron chi connectivity index (χ1n) is 11.1. The maximum Gasteiger partial charge on any atom is 0.278 e. The number of pyridine rings is 1. The Balaban J connectivity index is 1.69. The number of rotatable bonds is 1. The number of carbonyl (C=O) groups is 1. The average Bonchev–Trinajstić information content (AvgIpc) is 2.99. The van der Waals surface area contributed by atoms with E-state index in [9.17, 15) is 14.7 Å². The summed E-state index contributed by atoms with van der Waals surface area (Å²) in [7, 11) is 0. The standard InChI is InChI=1S/C25H22FN3O4S/c1-14-11-33-12-20-28(14)25(32)23-24(31)18(30)9-10-27(23)29(20)22-16-6-2-3-8-19(16)34-13-15-5-4-7-17(26)21(15)22/h2-10,14,20,22,31H,11-13H2,1H3/t14-,20+,22+/m0/s1. The van der Waals surface area contributed by atoms with Gasteiger partial charge in [-0.15, -0.1) is 11.8 Å². The highest BCUT2D eigenvalue weighted by Gasteiger charge is 2.48. The first-order valence-corrected chi connectivity index (χ1v) is 12.1. The molecule has 2 aromatic carbocycles. The van der Waals surface area contributed by atoms with Crippen LogP contribution in [0.4, 0.5) is 4.39 Å². The van der Waals surface area contributed by atoms with E-state index in [2.05, 4.69) is 0 Å². The highest BCUT2D eigenvalue weighted by molar-refractivity contribution is 7.98. The summed E-state index contributed by atoms with van der Waals surface area (Å²) in [5, 5.41) is 12.6. The highest BCUT2D eigenvalue weighted by Crippen LogP contribution is 2.45. The number of nitrogens with zero attached hydrogens (tertiary/aromatic N) is 3. The maximum absolute atomic E-state index is 15.6. The third-order valence-electron chi connectivity index (χ3n) is 6.75. The number of thioether (sulfide) groups is 1. The summed E-state index contributed by atoms with van der Waals surface area (Å²) in [4.78, 5) is 28.5. The van der Waals surface area contributed by atoms with Crippen molar-refractivity contribution in [2.45, 2.75) is 35.8 Å². The van der Waals surface area contributed by atoms with E-state index >= 15 is 4.39 Å². The molecule has 34 heavy (non-hydrogen) atoms. The Morgan fingerprint density at radius 1 is 1.09 bits per heavy atom. The predicted molar refractivity (Wildman–Crippen MR) is 125 cm³/mol. The fourth-order valence-electron chi connectivity index (χ4n) is 5.25. The van der Waals surface area contributed by atoms with Gasteiger partial charge in [0.15, 0.2) is 11.4 Å². The van der Waals surface area contributed by atoms with Crippen molar-refractivity contribution in [3.63, 3.8) is 0 Å². The zero-order valence-corrected chi connectivity index (χ0v) is 19.2. The number of benzene rings is 2. The molecule has 7 nitrogen and oxygen atoms in total. The van der Waals surface area contributed by atoms with Gasteiger partial charge in [0.1, 0.15) is 18.0 Å². The number of amides is 1. The lowest BCUT2D eigenvalue weighted by Gasteiger charge is -2.53. The molecule has 0 bridgehead atoms. The number of morpholine rings is 1. The van der Waals surface area contributed by atoms with Crippen molar-refractivity contribution in [2.24, 2.45) is 0 Å². The van der Waals surface area contributed by atoms with Gasteiger partial charge in [0.05, 0.1) is 19.3 Å². The molecule has 1 aromatic heterocycles. The molecule has 0 radical (unpaired) electrons. The lowest BCUT2D eigenvalue weighted by Crippen LogP contribution is -2.68. The van der Waals surface area contributed by atoms with Crippen molar-refractivity contribution >= 4 is 17.7 Å². The molecule has 1 saturated heterocycles. The van der Waals surface area contributed by atoms with E-state index < -0.39 is 29.3 Å². The van der Waals surface area contributed by atoms with Gasteiger partial charge in [-0.05, 0) is 30.2 Å². The van der Waals surface area contributed by atoms with Gasteiger partial charge in [-0.1, -0.05) is 30.3 Å². The third kappa shape index (κ3) is 3.00. The second-order valence-electron chi connectivity index (χ2n) is 8.72. The Morgan fingerprint density at radius 2 is 1.91 bits per heavy atom. The second kappa shape index (κ2) is 7.89. The van der Waals surface area contributed by atoms with Crippen molar-refractivity contribution in [3.05, 3.63) is 93.2 Å². The molecule has 6 rings (SSSR count). The number of ether oxygens (including phenoxy) is 1. The van der Waals surface area contributed by atoms with E-state index in [-0.39, 0.29) is 24.2 Å². The highest BCUT2D eigenvalue weighted by atomic mass is 32.2. The molecule has 9 heteroatoms. The van der Waals surface area contributed by atoms with Gasteiger partial charge in [0.2, 0.25) is 5.43 Å². The van der Waals surface area contributed by atoms with E-state index in [1.807, 2.05) is 42.3 Å². The van der Waals surface area contributed by atoms with Gasteiger partial charge in [0, 0.05) is 28.5 Å². The molecule has 1 fully saturated rings. The van der Waals surface area contributed by atoms with Crippen LogP contribution in [-0.2, 0) is 10.5 Å². The van der Waals surface area contributed by atoms with Crippen LogP contribution in [0.3, 0.4) is 0 Å². The van der Waals surface area contributed by atoms with Gasteiger partial charge < -0.3 is 14.7 Å². The Kier molecular flexibility index (Phi) is 4.93. The van der Waals surface area contributed by atoms with Crippen LogP contribution >= 0.6 is 11.8 Å². The number of aromatic hydroxyl groups is 1. The Hall–Kier alpha value is -3.30. The third-order valence-corrected chi connectivity index (χ3v) is 7.88. The minimum atomic E-state index is -0.637. The lowest BCUT2D eigenvalue weighted by atomic mass is 9.92. The van der Waals surface area contributed by atoms with E-state index in [1.54, 1.807) is 22.7 Å². The normalized spacial score (nSPS) is 23.5. The number of hydrogen-bond donors (Lipinski definition) is 1. The minimum Gasteiger partial charge on any atom is -0.502 e. The molecule has 1 N–H and O–H groups in total. The summed E-state index contributed by atoms with van der Waals surface area (Å²) in [5.41, 5.74) is 1.49. The number of fused-ring (bicyclic) bond motifs is 4. The predicted octanol–water partition coefficient (Wildman–Crippen LogP) is 3.23. The lowest BCUT2D eigenvalue weighted by molar-refractivity contribution is -0.0469. The number of aromatic nitrogens is 1. The van der Waals surface area contributed by atoms with Gasteiger partial charge in [0.25, 0.3) is 5.91 Å². The zero-order chi connectivity index (χ0) is 23.6. The number of halogens is 1. The molecule has 0 unspecified atom stereocenters. The van der Waals surface area contributed by atoms with Crippen molar-refractivity contribution in [1.29, 1.82) is 0 Å². The monoisotopic (exact) mass is 479 g/mol. The van der Waals surface area contributed by atoms with Crippen LogP contribution in [0.25, 0.3) is 0 Å². The molecule has 1 amide bonds. The number of carbonyl (C=O) groups excluding carboxylic acids is 1. The first-order chi connectivity index (χ1) is 16.5. The van der Waals surface area contributed by atoms with E-state index in [0.717, 1.165) is 16.0 Å². The summed E-state index contributed by atoms with van der Waals surface area (Å²) in [6.07, 6.45) is 0.909. The van der Waals surface area contributed by atoms with Crippen molar-refractivity contribution < 1.29 is 19.0 Å². The van der Waals surface area contributed by atoms with Crippen LogP contribution in [0.1, 0.15) is 40.1 Å². The SMILES string of the molecule is C[C@H]1COC[C@@H]2N1C(=O)c1c(O)c(=O)ccn1N2[C@@H]1c2ccccc2SCc2cccc(F)c21. The van der Waals surface area contributed by atoms with Gasteiger partial charge in [-0.2, -0.15) is 0 Å². The maximum atomic E-state index is 15.6. The fraction of sp³-hybridized carbons (Fsp3) is 0.280.